The summed E-state index contributed by atoms with van der Waals surface area (Å²) in [4.78, 5) is 24.6. The Kier molecular flexibility index (Phi) is 4.54. The molecule has 1 amide bonds. The van der Waals surface area contributed by atoms with Gasteiger partial charge in [0.15, 0.2) is 0 Å². The minimum Gasteiger partial charge on any atom is -0.481 e. The summed E-state index contributed by atoms with van der Waals surface area (Å²) in [5.74, 6) is -0.736. The molecule has 0 aromatic heterocycles. The van der Waals surface area contributed by atoms with E-state index in [-0.39, 0.29) is 24.3 Å². The largest absolute Gasteiger partial charge is 0.481 e. The minimum atomic E-state index is -0.889. The number of rotatable bonds is 3. The SMILES string of the molecule is O=C(O)CC1CN(C(=O)C2CCOCC2)CCO1. The van der Waals surface area contributed by atoms with Gasteiger partial charge in [0, 0.05) is 32.2 Å². The summed E-state index contributed by atoms with van der Waals surface area (Å²) in [6.07, 6.45) is 1.11. The molecule has 0 aromatic rings. The maximum absolute atomic E-state index is 12.3. The van der Waals surface area contributed by atoms with Gasteiger partial charge in [0.1, 0.15) is 0 Å². The Hall–Kier alpha value is -1.14. The van der Waals surface area contributed by atoms with E-state index in [1.807, 2.05) is 0 Å². The van der Waals surface area contributed by atoms with Crippen LogP contribution in [-0.2, 0) is 19.1 Å². The van der Waals surface area contributed by atoms with Crippen LogP contribution in [-0.4, -0.2) is 60.9 Å². The molecule has 2 rings (SSSR count). The van der Waals surface area contributed by atoms with Crippen LogP contribution in [0.25, 0.3) is 0 Å². The van der Waals surface area contributed by atoms with Gasteiger partial charge in [-0.3, -0.25) is 9.59 Å². The molecular weight excluding hydrogens is 238 g/mol. The second-order valence-electron chi connectivity index (χ2n) is 4.76. The lowest BCUT2D eigenvalue weighted by Crippen LogP contribution is -2.49. The average molecular weight is 257 g/mol. The Morgan fingerprint density at radius 1 is 1.22 bits per heavy atom. The third-order valence-corrected chi connectivity index (χ3v) is 3.42. The predicted octanol–water partition coefficient (Wildman–Crippen LogP) is 0.115. The van der Waals surface area contributed by atoms with Gasteiger partial charge in [-0.2, -0.15) is 0 Å². The van der Waals surface area contributed by atoms with E-state index in [1.54, 1.807) is 4.90 Å². The van der Waals surface area contributed by atoms with E-state index in [0.29, 0.717) is 32.9 Å². The molecule has 2 saturated heterocycles. The van der Waals surface area contributed by atoms with Crippen LogP contribution in [0.1, 0.15) is 19.3 Å². The van der Waals surface area contributed by atoms with Crippen molar-refractivity contribution >= 4 is 11.9 Å². The molecule has 102 valence electrons. The second kappa shape index (κ2) is 6.15. The topological polar surface area (TPSA) is 76.1 Å². The van der Waals surface area contributed by atoms with Crippen LogP contribution in [0.2, 0.25) is 0 Å². The molecule has 0 aliphatic carbocycles. The molecule has 1 unspecified atom stereocenters. The Morgan fingerprint density at radius 2 is 1.94 bits per heavy atom. The lowest BCUT2D eigenvalue weighted by atomic mass is 9.98. The highest BCUT2D eigenvalue weighted by Gasteiger charge is 2.31. The van der Waals surface area contributed by atoms with Crippen molar-refractivity contribution < 1.29 is 24.2 Å². The Labute approximate surface area is 106 Å². The summed E-state index contributed by atoms with van der Waals surface area (Å²) in [5, 5.41) is 8.74. The van der Waals surface area contributed by atoms with Crippen molar-refractivity contribution in [2.45, 2.75) is 25.4 Å². The van der Waals surface area contributed by atoms with Crippen LogP contribution in [0, 0.1) is 5.92 Å². The molecule has 1 N–H and O–H groups in total. The molecule has 0 aromatic carbocycles. The lowest BCUT2D eigenvalue weighted by Gasteiger charge is -2.35. The smallest absolute Gasteiger partial charge is 0.306 e. The van der Waals surface area contributed by atoms with Crippen molar-refractivity contribution in [2.75, 3.05) is 32.9 Å². The van der Waals surface area contributed by atoms with E-state index in [1.165, 1.54) is 0 Å². The van der Waals surface area contributed by atoms with Gasteiger partial charge in [-0.15, -0.1) is 0 Å². The molecule has 2 fully saturated rings. The van der Waals surface area contributed by atoms with Crippen LogP contribution < -0.4 is 0 Å². The molecule has 0 saturated carbocycles. The standard InChI is InChI=1S/C12H19NO5/c14-11(15)7-10-8-13(3-6-18-10)12(16)9-1-4-17-5-2-9/h9-10H,1-8H2,(H,14,15). The molecule has 6 heteroatoms. The molecule has 2 heterocycles. The zero-order valence-electron chi connectivity index (χ0n) is 10.3. The third-order valence-electron chi connectivity index (χ3n) is 3.42. The van der Waals surface area contributed by atoms with E-state index in [2.05, 4.69) is 0 Å². The first kappa shape index (κ1) is 13.3. The third kappa shape index (κ3) is 3.43. The monoisotopic (exact) mass is 257 g/mol. The normalized spacial score (nSPS) is 26.0. The van der Waals surface area contributed by atoms with Crippen molar-refractivity contribution in [3.05, 3.63) is 0 Å². The van der Waals surface area contributed by atoms with Crippen LogP contribution >= 0.6 is 0 Å². The summed E-state index contributed by atoms with van der Waals surface area (Å²) in [6, 6.07) is 0. The highest BCUT2D eigenvalue weighted by atomic mass is 16.5. The van der Waals surface area contributed by atoms with Gasteiger partial charge in [-0.1, -0.05) is 0 Å². The van der Waals surface area contributed by atoms with E-state index in [0.717, 1.165) is 12.8 Å². The van der Waals surface area contributed by atoms with Crippen molar-refractivity contribution in [3.63, 3.8) is 0 Å². The number of ether oxygens (including phenoxy) is 2. The van der Waals surface area contributed by atoms with Gasteiger partial charge >= 0.3 is 5.97 Å². The van der Waals surface area contributed by atoms with E-state index in [4.69, 9.17) is 14.6 Å². The van der Waals surface area contributed by atoms with E-state index in [9.17, 15) is 9.59 Å². The molecule has 0 spiro atoms. The zero-order chi connectivity index (χ0) is 13.0. The molecule has 6 nitrogen and oxygen atoms in total. The average Bonchev–Trinajstić information content (AvgIpc) is 2.38. The fraction of sp³-hybridized carbons (Fsp3) is 0.833. The van der Waals surface area contributed by atoms with Crippen LogP contribution in [0.15, 0.2) is 0 Å². The van der Waals surface area contributed by atoms with Crippen LogP contribution in [0.4, 0.5) is 0 Å². The summed E-state index contributed by atoms with van der Waals surface area (Å²) in [5.41, 5.74) is 0. The van der Waals surface area contributed by atoms with Crippen molar-refractivity contribution in [2.24, 2.45) is 5.92 Å². The quantitative estimate of drug-likeness (QED) is 0.777. The van der Waals surface area contributed by atoms with Gasteiger partial charge in [0.25, 0.3) is 0 Å². The lowest BCUT2D eigenvalue weighted by molar-refractivity contribution is -0.151. The molecule has 0 radical (unpaired) electrons. The number of morpholine rings is 1. The highest BCUT2D eigenvalue weighted by molar-refractivity contribution is 5.79. The highest BCUT2D eigenvalue weighted by Crippen LogP contribution is 2.19. The number of carboxylic acids is 1. The van der Waals surface area contributed by atoms with Gasteiger partial charge in [0.2, 0.25) is 5.91 Å². The van der Waals surface area contributed by atoms with Crippen molar-refractivity contribution in [1.29, 1.82) is 0 Å². The molecule has 2 aliphatic rings. The predicted molar refractivity (Wildman–Crippen MR) is 62.1 cm³/mol. The maximum atomic E-state index is 12.3. The van der Waals surface area contributed by atoms with E-state index >= 15 is 0 Å². The van der Waals surface area contributed by atoms with Gasteiger partial charge in [-0.05, 0) is 12.8 Å². The Balaban J connectivity index is 1.87. The molecule has 0 bridgehead atoms. The number of carboxylic acid groups (broad SMARTS) is 1. The Bertz CT molecular complexity index is 314. The molecule has 2 aliphatic heterocycles. The number of hydrogen-bond acceptors (Lipinski definition) is 4. The van der Waals surface area contributed by atoms with Gasteiger partial charge in [-0.25, -0.2) is 0 Å². The minimum absolute atomic E-state index is 0.0299. The maximum Gasteiger partial charge on any atom is 0.306 e. The number of nitrogens with zero attached hydrogens (tertiary/aromatic N) is 1. The van der Waals surface area contributed by atoms with Crippen LogP contribution in [0.3, 0.4) is 0 Å². The first-order chi connectivity index (χ1) is 8.66. The summed E-state index contributed by atoms with van der Waals surface area (Å²) in [7, 11) is 0. The van der Waals surface area contributed by atoms with Crippen LogP contribution in [0.5, 0.6) is 0 Å². The zero-order valence-corrected chi connectivity index (χ0v) is 10.3. The number of carbonyl (C=O) groups excluding carboxylic acids is 1. The molecular formula is C12H19NO5. The summed E-state index contributed by atoms with van der Waals surface area (Å²) < 4.78 is 10.6. The first-order valence-corrected chi connectivity index (χ1v) is 6.36. The number of carbonyl (C=O) groups is 2. The number of hydrogen-bond donors (Lipinski definition) is 1. The number of aliphatic carboxylic acids is 1. The summed E-state index contributed by atoms with van der Waals surface area (Å²) >= 11 is 0. The fourth-order valence-electron chi connectivity index (χ4n) is 2.44. The number of amides is 1. The van der Waals surface area contributed by atoms with Crippen molar-refractivity contribution in [1.82, 2.24) is 4.90 Å². The van der Waals surface area contributed by atoms with E-state index < -0.39 is 5.97 Å². The van der Waals surface area contributed by atoms with Gasteiger partial charge < -0.3 is 19.5 Å². The molecule has 1 atom stereocenters. The fourth-order valence-corrected chi connectivity index (χ4v) is 2.44. The van der Waals surface area contributed by atoms with Crippen molar-refractivity contribution in [3.8, 4) is 0 Å². The Morgan fingerprint density at radius 3 is 2.61 bits per heavy atom. The molecule has 18 heavy (non-hydrogen) atoms. The summed E-state index contributed by atoms with van der Waals surface area (Å²) in [6.45, 7) is 2.65. The first-order valence-electron chi connectivity index (χ1n) is 6.36. The van der Waals surface area contributed by atoms with Gasteiger partial charge in [0.05, 0.1) is 19.1 Å². The second-order valence-corrected chi connectivity index (χ2v) is 4.76.